The molecule has 0 radical (unpaired) electrons. The first-order chi connectivity index (χ1) is 6.40. The lowest BCUT2D eigenvalue weighted by Crippen LogP contribution is -2.23. The Kier molecular flexibility index (Phi) is 2.27. The molecule has 0 bridgehead atoms. The van der Waals surface area contributed by atoms with Gasteiger partial charge in [0, 0.05) is 6.54 Å². The molecule has 0 fully saturated rings. The van der Waals surface area contributed by atoms with Crippen LogP contribution in [-0.4, -0.2) is 18.0 Å². The van der Waals surface area contributed by atoms with Crippen LogP contribution in [0.1, 0.15) is 16.7 Å². The molecule has 0 saturated carbocycles. The third-order valence-electron chi connectivity index (χ3n) is 2.32. The van der Waals surface area contributed by atoms with Crippen LogP contribution in [0.25, 0.3) is 0 Å². The minimum atomic E-state index is 0.950. The molecule has 1 aliphatic heterocycles. The Labute approximate surface area is 77.1 Å². The molecule has 13 heavy (non-hydrogen) atoms. The van der Waals surface area contributed by atoms with Crippen molar-refractivity contribution in [3.05, 3.63) is 34.9 Å². The Bertz CT molecular complexity index is 334. The van der Waals surface area contributed by atoms with Crippen molar-refractivity contribution in [2.45, 2.75) is 13.0 Å². The molecule has 0 amide bonds. The van der Waals surface area contributed by atoms with E-state index in [0.29, 0.717) is 0 Å². The van der Waals surface area contributed by atoms with E-state index < -0.39 is 0 Å². The van der Waals surface area contributed by atoms with E-state index in [4.69, 9.17) is 5.21 Å². The standard InChI is InChI=1S/C10H12N2O/c13-12-6-8-1-2-10-7-11-4-3-9(10)5-8/h1-2,5-6,11,13H,3-4,7H2. The molecular formula is C10H12N2O. The van der Waals surface area contributed by atoms with E-state index in [9.17, 15) is 0 Å². The topological polar surface area (TPSA) is 44.6 Å². The van der Waals surface area contributed by atoms with Gasteiger partial charge in [0.1, 0.15) is 0 Å². The van der Waals surface area contributed by atoms with Crippen LogP contribution in [0.4, 0.5) is 0 Å². The SMILES string of the molecule is ON=Cc1ccc2c(c1)CCNC2. The quantitative estimate of drug-likeness (QED) is 0.383. The molecule has 0 unspecified atom stereocenters. The van der Waals surface area contributed by atoms with Crippen molar-refractivity contribution >= 4 is 6.21 Å². The van der Waals surface area contributed by atoms with E-state index in [2.05, 4.69) is 22.6 Å². The maximum atomic E-state index is 8.38. The van der Waals surface area contributed by atoms with Gasteiger partial charge in [0.2, 0.25) is 0 Å². The molecule has 68 valence electrons. The number of hydrogen-bond donors (Lipinski definition) is 2. The number of benzene rings is 1. The van der Waals surface area contributed by atoms with Crippen molar-refractivity contribution in [2.24, 2.45) is 5.16 Å². The summed E-state index contributed by atoms with van der Waals surface area (Å²) in [7, 11) is 0. The molecule has 3 heteroatoms. The molecule has 1 heterocycles. The van der Waals surface area contributed by atoms with E-state index in [1.165, 1.54) is 17.3 Å². The molecule has 0 aromatic heterocycles. The second-order valence-corrected chi connectivity index (χ2v) is 3.20. The molecule has 2 N–H and O–H groups in total. The molecule has 2 rings (SSSR count). The van der Waals surface area contributed by atoms with Gasteiger partial charge in [-0.25, -0.2) is 0 Å². The number of fused-ring (bicyclic) bond motifs is 1. The Morgan fingerprint density at radius 2 is 2.31 bits per heavy atom. The fourth-order valence-corrected chi connectivity index (χ4v) is 1.64. The highest BCUT2D eigenvalue weighted by atomic mass is 16.4. The van der Waals surface area contributed by atoms with Crippen molar-refractivity contribution < 1.29 is 5.21 Å². The summed E-state index contributed by atoms with van der Waals surface area (Å²) < 4.78 is 0. The predicted molar refractivity (Wildman–Crippen MR) is 51.2 cm³/mol. The van der Waals surface area contributed by atoms with E-state index >= 15 is 0 Å². The van der Waals surface area contributed by atoms with Crippen molar-refractivity contribution in [2.75, 3.05) is 6.54 Å². The van der Waals surface area contributed by atoms with Crippen LogP contribution in [0.2, 0.25) is 0 Å². The lowest BCUT2D eigenvalue weighted by Gasteiger charge is -2.16. The smallest absolute Gasteiger partial charge is 0.0733 e. The highest BCUT2D eigenvalue weighted by molar-refractivity contribution is 5.79. The van der Waals surface area contributed by atoms with E-state index in [-0.39, 0.29) is 0 Å². The second-order valence-electron chi connectivity index (χ2n) is 3.20. The van der Waals surface area contributed by atoms with Crippen molar-refractivity contribution in [1.82, 2.24) is 5.32 Å². The predicted octanol–water partition coefficient (Wildman–Crippen LogP) is 1.14. The monoisotopic (exact) mass is 176 g/mol. The summed E-state index contributed by atoms with van der Waals surface area (Å²) in [6.07, 6.45) is 2.52. The second kappa shape index (κ2) is 3.58. The Balaban J connectivity index is 2.35. The highest BCUT2D eigenvalue weighted by Crippen LogP contribution is 2.14. The molecule has 1 aromatic rings. The van der Waals surface area contributed by atoms with Crippen LogP contribution in [0.5, 0.6) is 0 Å². The Morgan fingerprint density at radius 1 is 1.38 bits per heavy atom. The largest absolute Gasteiger partial charge is 0.411 e. The summed E-state index contributed by atoms with van der Waals surface area (Å²) in [5.41, 5.74) is 3.67. The molecule has 1 aromatic carbocycles. The Hall–Kier alpha value is -1.35. The first-order valence-corrected chi connectivity index (χ1v) is 4.40. The van der Waals surface area contributed by atoms with Gasteiger partial charge >= 0.3 is 0 Å². The zero-order valence-electron chi connectivity index (χ0n) is 7.33. The van der Waals surface area contributed by atoms with Gasteiger partial charge < -0.3 is 10.5 Å². The third kappa shape index (κ3) is 1.70. The summed E-state index contributed by atoms with van der Waals surface area (Å²) in [6, 6.07) is 6.12. The van der Waals surface area contributed by atoms with Gasteiger partial charge in [0.25, 0.3) is 0 Å². The summed E-state index contributed by atoms with van der Waals surface area (Å²) >= 11 is 0. The first kappa shape index (κ1) is 8.26. The number of oxime groups is 1. The van der Waals surface area contributed by atoms with E-state index in [1.807, 2.05) is 6.07 Å². The van der Waals surface area contributed by atoms with Gasteiger partial charge in [-0.3, -0.25) is 0 Å². The minimum absolute atomic E-state index is 0.950. The lowest BCUT2D eigenvalue weighted by atomic mass is 9.99. The van der Waals surface area contributed by atoms with Gasteiger partial charge in [-0.05, 0) is 35.7 Å². The zero-order valence-corrected chi connectivity index (χ0v) is 7.33. The molecular weight excluding hydrogens is 164 g/mol. The van der Waals surface area contributed by atoms with Gasteiger partial charge in [0.15, 0.2) is 0 Å². The van der Waals surface area contributed by atoms with Gasteiger partial charge in [-0.2, -0.15) is 0 Å². The summed E-state index contributed by atoms with van der Waals surface area (Å²) in [5, 5.41) is 14.7. The van der Waals surface area contributed by atoms with Gasteiger partial charge in [0.05, 0.1) is 6.21 Å². The third-order valence-corrected chi connectivity index (χ3v) is 2.32. The molecule has 0 spiro atoms. The zero-order chi connectivity index (χ0) is 9.10. The average molecular weight is 176 g/mol. The first-order valence-electron chi connectivity index (χ1n) is 4.40. The van der Waals surface area contributed by atoms with Gasteiger partial charge in [-0.1, -0.05) is 17.3 Å². The summed E-state index contributed by atoms with van der Waals surface area (Å²) in [6.45, 7) is 1.98. The van der Waals surface area contributed by atoms with Crippen molar-refractivity contribution in [3.8, 4) is 0 Å². The number of hydrogen-bond acceptors (Lipinski definition) is 3. The van der Waals surface area contributed by atoms with Crippen LogP contribution in [0.3, 0.4) is 0 Å². The van der Waals surface area contributed by atoms with Crippen LogP contribution in [-0.2, 0) is 13.0 Å². The van der Waals surface area contributed by atoms with Crippen LogP contribution >= 0.6 is 0 Å². The van der Waals surface area contributed by atoms with Crippen molar-refractivity contribution in [3.63, 3.8) is 0 Å². The summed E-state index contributed by atoms with van der Waals surface area (Å²) in [5.74, 6) is 0. The average Bonchev–Trinajstić information content (AvgIpc) is 2.18. The normalized spacial score (nSPS) is 16.0. The van der Waals surface area contributed by atoms with Gasteiger partial charge in [-0.15, -0.1) is 0 Å². The highest BCUT2D eigenvalue weighted by Gasteiger charge is 2.07. The maximum absolute atomic E-state index is 8.38. The Morgan fingerprint density at radius 3 is 3.15 bits per heavy atom. The fourth-order valence-electron chi connectivity index (χ4n) is 1.64. The van der Waals surface area contributed by atoms with Crippen LogP contribution < -0.4 is 5.32 Å². The summed E-state index contributed by atoms with van der Waals surface area (Å²) in [4.78, 5) is 0. The molecule has 1 aliphatic rings. The van der Waals surface area contributed by atoms with E-state index in [0.717, 1.165) is 25.1 Å². The fraction of sp³-hybridized carbons (Fsp3) is 0.300. The maximum Gasteiger partial charge on any atom is 0.0733 e. The van der Waals surface area contributed by atoms with Crippen LogP contribution in [0.15, 0.2) is 23.4 Å². The van der Waals surface area contributed by atoms with Crippen molar-refractivity contribution in [1.29, 1.82) is 0 Å². The van der Waals surface area contributed by atoms with E-state index in [1.54, 1.807) is 0 Å². The van der Waals surface area contributed by atoms with Crippen LogP contribution in [0, 0.1) is 0 Å². The lowest BCUT2D eigenvalue weighted by molar-refractivity contribution is 0.322. The molecule has 3 nitrogen and oxygen atoms in total. The molecule has 0 saturated heterocycles. The molecule has 0 atom stereocenters. The number of nitrogens with one attached hydrogen (secondary N) is 1. The molecule has 0 aliphatic carbocycles. The number of nitrogens with zero attached hydrogens (tertiary/aromatic N) is 1. The number of rotatable bonds is 1. The minimum Gasteiger partial charge on any atom is -0.411 e.